The Kier molecular flexibility index (Phi) is 5.68. The van der Waals surface area contributed by atoms with Gasteiger partial charge in [0.2, 0.25) is 11.9 Å². The van der Waals surface area contributed by atoms with Gasteiger partial charge in [-0.2, -0.15) is 4.98 Å². The van der Waals surface area contributed by atoms with Crippen LogP contribution in [0.1, 0.15) is 22.3 Å². The highest BCUT2D eigenvalue weighted by atomic mass is 16.1. The molecule has 3 heterocycles. The molecule has 5 rings (SSSR count). The smallest absolute Gasteiger partial charge is 0.229 e. The SMILES string of the molecule is Cc1cnc2nc1Nc1ccc(NC(=O)Cc3ccncc3)c(c1)CCc1cccc(c1)N2. The fourth-order valence-corrected chi connectivity index (χ4v) is 3.86. The number of benzene rings is 2. The fraction of sp³-hybridized carbons (Fsp3) is 0.154. The van der Waals surface area contributed by atoms with Gasteiger partial charge in [-0.05, 0) is 78.9 Å². The summed E-state index contributed by atoms with van der Waals surface area (Å²) in [6.07, 6.45) is 7.12. The van der Waals surface area contributed by atoms with Crippen molar-refractivity contribution in [3.05, 3.63) is 95.4 Å². The van der Waals surface area contributed by atoms with Crippen molar-refractivity contribution in [3.63, 3.8) is 0 Å². The molecule has 6 bridgehead atoms. The van der Waals surface area contributed by atoms with Gasteiger partial charge in [-0.15, -0.1) is 0 Å². The minimum absolute atomic E-state index is 0.0523. The Bertz CT molecular complexity index is 1310. The molecule has 2 aromatic heterocycles. The maximum Gasteiger partial charge on any atom is 0.229 e. The first-order valence-electron chi connectivity index (χ1n) is 10.9. The van der Waals surface area contributed by atoms with E-state index in [-0.39, 0.29) is 5.91 Å². The van der Waals surface area contributed by atoms with Crippen LogP contribution in [0.15, 0.2) is 73.2 Å². The Morgan fingerprint density at radius 1 is 1.00 bits per heavy atom. The average Bonchev–Trinajstić information content (AvgIpc) is 2.82. The van der Waals surface area contributed by atoms with Crippen molar-refractivity contribution in [1.82, 2.24) is 15.0 Å². The third-order valence-corrected chi connectivity index (χ3v) is 5.59. The summed E-state index contributed by atoms with van der Waals surface area (Å²) in [7, 11) is 0. The number of anilines is 5. The van der Waals surface area contributed by atoms with Crippen LogP contribution in [-0.2, 0) is 24.1 Å². The molecule has 2 aromatic carbocycles. The summed E-state index contributed by atoms with van der Waals surface area (Å²) in [6, 6.07) is 18.0. The molecule has 0 radical (unpaired) electrons. The van der Waals surface area contributed by atoms with Crippen molar-refractivity contribution >= 4 is 34.7 Å². The van der Waals surface area contributed by atoms with E-state index in [4.69, 9.17) is 0 Å². The van der Waals surface area contributed by atoms with Gasteiger partial charge >= 0.3 is 0 Å². The first-order valence-corrected chi connectivity index (χ1v) is 10.9. The summed E-state index contributed by atoms with van der Waals surface area (Å²) in [5.74, 6) is 1.23. The number of nitrogens with one attached hydrogen (secondary N) is 3. The number of pyridine rings is 1. The lowest BCUT2D eigenvalue weighted by Gasteiger charge is -2.15. The third-order valence-electron chi connectivity index (χ3n) is 5.59. The number of aromatic nitrogens is 3. The number of carbonyl (C=O) groups excluding carboxylic acids is 1. The molecule has 4 aromatic rings. The maximum absolute atomic E-state index is 12.7. The zero-order chi connectivity index (χ0) is 22.6. The Labute approximate surface area is 192 Å². The van der Waals surface area contributed by atoms with E-state index in [0.29, 0.717) is 12.4 Å². The summed E-state index contributed by atoms with van der Waals surface area (Å²) >= 11 is 0. The van der Waals surface area contributed by atoms with Crippen molar-refractivity contribution in [2.45, 2.75) is 26.2 Å². The lowest BCUT2D eigenvalue weighted by Crippen LogP contribution is -2.16. The van der Waals surface area contributed by atoms with Gasteiger partial charge in [0.05, 0.1) is 6.42 Å². The molecule has 0 aliphatic carbocycles. The van der Waals surface area contributed by atoms with Gasteiger partial charge in [-0.1, -0.05) is 12.1 Å². The number of nitrogens with zero attached hydrogens (tertiary/aromatic N) is 3. The van der Waals surface area contributed by atoms with Crippen molar-refractivity contribution in [1.29, 1.82) is 0 Å². The Balaban J connectivity index is 1.47. The molecule has 0 saturated carbocycles. The summed E-state index contributed by atoms with van der Waals surface area (Å²) in [5, 5.41) is 9.80. The van der Waals surface area contributed by atoms with Gasteiger partial charge in [0.1, 0.15) is 5.82 Å². The van der Waals surface area contributed by atoms with Crippen molar-refractivity contribution < 1.29 is 4.79 Å². The summed E-state index contributed by atoms with van der Waals surface area (Å²) in [5.41, 5.74) is 6.81. The van der Waals surface area contributed by atoms with E-state index in [1.165, 1.54) is 5.56 Å². The van der Waals surface area contributed by atoms with Crippen molar-refractivity contribution in [3.8, 4) is 0 Å². The largest absolute Gasteiger partial charge is 0.340 e. The number of aryl methyl sites for hydroxylation is 3. The standard InChI is InChI=1S/C26H24N6O/c1-17-16-28-26-30-21-4-2-3-18(13-21)5-6-20-15-22(29-25(17)32-26)7-8-23(20)31-24(33)14-19-9-11-27-12-10-19/h2-4,7-13,15-16H,5-6,14H2,1H3,(H,31,33)(H2,28,29,30,32). The summed E-state index contributed by atoms with van der Waals surface area (Å²) in [4.78, 5) is 25.8. The zero-order valence-corrected chi connectivity index (χ0v) is 18.3. The number of rotatable bonds is 3. The summed E-state index contributed by atoms with van der Waals surface area (Å²) < 4.78 is 0. The Morgan fingerprint density at radius 2 is 1.85 bits per heavy atom. The number of carbonyl (C=O) groups is 1. The van der Waals surface area contributed by atoms with Crippen LogP contribution >= 0.6 is 0 Å². The summed E-state index contributed by atoms with van der Waals surface area (Å²) in [6.45, 7) is 1.97. The normalized spacial score (nSPS) is 12.3. The van der Waals surface area contributed by atoms with Gasteiger partial charge in [0.15, 0.2) is 0 Å². The van der Waals surface area contributed by atoms with Gasteiger partial charge in [-0.25, -0.2) is 4.98 Å². The van der Waals surface area contributed by atoms with Crippen molar-refractivity contribution in [2.75, 3.05) is 16.0 Å². The van der Waals surface area contributed by atoms with E-state index in [0.717, 1.165) is 52.4 Å². The van der Waals surface area contributed by atoms with Crippen LogP contribution in [0.3, 0.4) is 0 Å². The van der Waals surface area contributed by atoms with Gasteiger partial charge in [0.25, 0.3) is 0 Å². The van der Waals surface area contributed by atoms with E-state index in [2.05, 4.69) is 49.1 Å². The number of fused-ring (bicyclic) bond motifs is 6. The second-order valence-corrected chi connectivity index (χ2v) is 8.13. The van der Waals surface area contributed by atoms with Crippen LogP contribution in [0.4, 0.5) is 28.8 Å². The van der Waals surface area contributed by atoms with E-state index in [9.17, 15) is 4.79 Å². The highest BCUT2D eigenvalue weighted by molar-refractivity contribution is 5.93. The van der Waals surface area contributed by atoms with Crippen LogP contribution in [0.2, 0.25) is 0 Å². The molecular formula is C26H24N6O. The van der Waals surface area contributed by atoms with E-state index in [1.54, 1.807) is 18.6 Å². The molecule has 0 unspecified atom stereocenters. The van der Waals surface area contributed by atoms with Gasteiger partial charge in [-0.3, -0.25) is 9.78 Å². The Morgan fingerprint density at radius 3 is 2.73 bits per heavy atom. The molecule has 0 spiro atoms. The minimum atomic E-state index is -0.0523. The molecule has 0 atom stereocenters. The first-order chi connectivity index (χ1) is 16.1. The highest BCUT2D eigenvalue weighted by Gasteiger charge is 2.12. The molecule has 1 aliphatic heterocycles. The third kappa shape index (κ3) is 4.98. The first kappa shape index (κ1) is 20.6. The second kappa shape index (κ2) is 9.08. The Hall–Kier alpha value is -4.26. The zero-order valence-electron chi connectivity index (χ0n) is 18.3. The van der Waals surface area contributed by atoms with E-state index >= 15 is 0 Å². The lowest BCUT2D eigenvalue weighted by atomic mass is 10.0. The second-order valence-electron chi connectivity index (χ2n) is 8.13. The molecule has 7 nitrogen and oxygen atoms in total. The van der Waals surface area contributed by atoms with Crippen LogP contribution in [0.25, 0.3) is 0 Å². The molecule has 164 valence electrons. The maximum atomic E-state index is 12.7. The monoisotopic (exact) mass is 436 g/mol. The predicted molar refractivity (Wildman–Crippen MR) is 130 cm³/mol. The molecule has 1 aliphatic rings. The lowest BCUT2D eigenvalue weighted by molar-refractivity contribution is -0.115. The fourth-order valence-electron chi connectivity index (χ4n) is 3.86. The highest BCUT2D eigenvalue weighted by Crippen LogP contribution is 2.28. The van der Waals surface area contributed by atoms with Crippen molar-refractivity contribution in [2.24, 2.45) is 0 Å². The average molecular weight is 437 g/mol. The van der Waals surface area contributed by atoms with Gasteiger partial charge in [0, 0.05) is 41.2 Å². The number of hydrogen-bond acceptors (Lipinski definition) is 6. The van der Waals surface area contributed by atoms with Crippen LogP contribution in [0.5, 0.6) is 0 Å². The molecular weight excluding hydrogens is 412 g/mol. The number of amides is 1. The quantitative estimate of drug-likeness (QED) is 0.421. The van der Waals surface area contributed by atoms with E-state index < -0.39 is 0 Å². The van der Waals surface area contributed by atoms with Crippen LogP contribution in [0, 0.1) is 6.92 Å². The minimum Gasteiger partial charge on any atom is -0.340 e. The number of hydrogen-bond donors (Lipinski definition) is 3. The molecule has 33 heavy (non-hydrogen) atoms. The molecule has 1 amide bonds. The predicted octanol–water partition coefficient (Wildman–Crippen LogP) is 4.95. The molecule has 7 heteroatoms. The van der Waals surface area contributed by atoms with Gasteiger partial charge < -0.3 is 16.0 Å². The molecule has 0 fully saturated rings. The molecule has 3 N–H and O–H groups in total. The van der Waals surface area contributed by atoms with Crippen LogP contribution < -0.4 is 16.0 Å². The molecule has 0 saturated heterocycles. The van der Waals surface area contributed by atoms with E-state index in [1.807, 2.05) is 43.3 Å². The van der Waals surface area contributed by atoms with Crippen LogP contribution in [-0.4, -0.2) is 20.9 Å². The topological polar surface area (TPSA) is 91.8 Å².